The van der Waals surface area contributed by atoms with Crippen LogP contribution < -0.4 is 14.4 Å². The Hall–Kier alpha value is -2.58. The van der Waals surface area contributed by atoms with Crippen LogP contribution in [-0.4, -0.2) is 52.5 Å². The van der Waals surface area contributed by atoms with Crippen LogP contribution in [0.5, 0.6) is 11.5 Å². The molecular weight excluding hydrogens is 380 g/mol. The number of benzene rings is 2. The van der Waals surface area contributed by atoms with E-state index in [0.29, 0.717) is 24.5 Å². The van der Waals surface area contributed by atoms with Crippen molar-refractivity contribution in [1.29, 1.82) is 0 Å². The molecule has 3 rings (SSSR count). The van der Waals surface area contributed by atoms with Gasteiger partial charge in [0.05, 0.1) is 12.0 Å². The van der Waals surface area contributed by atoms with Crippen LogP contribution in [0.2, 0.25) is 0 Å². The van der Waals surface area contributed by atoms with Crippen LogP contribution in [0.15, 0.2) is 47.4 Å². The molecule has 1 heterocycles. The summed E-state index contributed by atoms with van der Waals surface area (Å²) in [5, 5.41) is 0. The molecule has 0 N–H and O–H groups in total. The Morgan fingerprint density at radius 3 is 2.46 bits per heavy atom. The predicted octanol–water partition coefficient (Wildman–Crippen LogP) is 2.30. The number of methoxy groups -OCH3 is 1. The van der Waals surface area contributed by atoms with Crippen molar-refractivity contribution in [3.05, 3.63) is 48.0 Å². The minimum Gasteiger partial charge on any atom is -0.493 e. The molecule has 28 heavy (non-hydrogen) atoms. The highest BCUT2D eigenvalue weighted by Crippen LogP contribution is 2.32. The largest absolute Gasteiger partial charge is 0.493 e. The van der Waals surface area contributed by atoms with Crippen molar-refractivity contribution in [3.63, 3.8) is 0 Å². The molecule has 1 unspecified atom stereocenters. The maximum atomic E-state index is 12.9. The highest BCUT2D eigenvalue weighted by molar-refractivity contribution is 7.89. The van der Waals surface area contributed by atoms with E-state index in [9.17, 15) is 13.2 Å². The molecule has 0 spiro atoms. The molecule has 1 aliphatic heterocycles. The minimum absolute atomic E-state index is 0.187. The average molecular weight is 404 g/mol. The minimum atomic E-state index is -3.51. The number of carbonyl (C=O) groups is 1. The highest BCUT2D eigenvalue weighted by Gasteiger charge is 2.31. The summed E-state index contributed by atoms with van der Waals surface area (Å²) >= 11 is 0. The van der Waals surface area contributed by atoms with Gasteiger partial charge in [0.15, 0.2) is 17.6 Å². The van der Waals surface area contributed by atoms with Crippen LogP contribution in [0, 0.1) is 0 Å². The molecule has 1 amide bonds. The number of rotatable bonds is 6. The lowest BCUT2D eigenvalue weighted by atomic mass is 10.2. The number of hydrogen-bond donors (Lipinski definition) is 0. The molecule has 1 aliphatic rings. The summed E-state index contributed by atoms with van der Waals surface area (Å²) < 4.78 is 36.9. The lowest BCUT2D eigenvalue weighted by Crippen LogP contribution is -2.39. The monoisotopic (exact) mass is 404 g/mol. The topological polar surface area (TPSA) is 76.1 Å². The second kappa shape index (κ2) is 7.81. The van der Waals surface area contributed by atoms with E-state index in [1.54, 1.807) is 43.2 Å². The van der Waals surface area contributed by atoms with Crippen molar-refractivity contribution in [2.24, 2.45) is 0 Å². The van der Waals surface area contributed by atoms with Gasteiger partial charge in [0.2, 0.25) is 10.0 Å². The van der Waals surface area contributed by atoms with E-state index < -0.39 is 16.1 Å². The van der Waals surface area contributed by atoms with Crippen LogP contribution >= 0.6 is 0 Å². The van der Waals surface area contributed by atoms with Crippen molar-refractivity contribution in [2.75, 3.05) is 32.6 Å². The molecule has 1 atom stereocenters. The fourth-order valence-corrected chi connectivity index (χ4v) is 4.11. The normalized spacial score (nSPS) is 14.7. The SMILES string of the molecule is COc1ccccc1OC(C)C(=O)N1CCc2cc(S(=O)(=O)N(C)C)ccc21. The molecule has 0 saturated carbocycles. The smallest absolute Gasteiger partial charge is 0.267 e. The zero-order valence-electron chi connectivity index (χ0n) is 16.4. The fourth-order valence-electron chi connectivity index (χ4n) is 3.15. The van der Waals surface area contributed by atoms with Crippen molar-refractivity contribution in [2.45, 2.75) is 24.3 Å². The molecular formula is C20H24N2O5S. The first kappa shape index (κ1) is 20.2. The van der Waals surface area contributed by atoms with Crippen LogP contribution in [0.3, 0.4) is 0 Å². The Morgan fingerprint density at radius 1 is 1.14 bits per heavy atom. The van der Waals surface area contributed by atoms with Crippen molar-refractivity contribution in [1.82, 2.24) is 4.31 Å². The third-order valence-electron chi connectivity index (χ3n) is 4.71. The summed E-state index contributed by atoms with van der Waals surface area (Å²) in [6.45, 7) is 2.18. The van der Waals surface area contributed by atoms with E-state index in [4.69, 9.17) is 9.47 Å². The summed E-state index contributed by atoms with van der Waals surface area (Å²) in [6, 6.07) is 12.0. The fraction of sp³-hybridized carbons (Fsp3) is 0.350. The number of sulfonamides is 1. The molecule has 7 nitrogen and oxygen atoms in total. The summed E-state index contributed by atoms with van der Waals surface area (Å²) in [5.41, 5.74) is 1.55. The van der Waals surface area contributed by atoms with Crippen molar-refractivity contribution >= 4 is 21.6 Å². The lowest BCUT2D eigenvalue weighted by molar-refractivity contribution is -0.124. The van der Waals surface area contributed by atoms with Gasteiger partial charge in [0.1, 0.15) is 0 Å². The van der Waals surface area contributed by atoms with Gasteiger partial charge >= 0.3 is 0 Å². The third kappa shape index (κ3) is 3.70. The standard InChI is InChI=1S/C20H24N2O5S/c1-14(27-19-8-6-5-7-18(19)26-4)20(23)22-12-11-15-13-16(9-10-17(15)22)28(24,25)21(2)3/h5-10,13-14H,11-12H2,1-4H3. The van der Waals surface area contributed by atoms with Gasteiger partial charge in [-0.1, -0.05) is 12.1 Å². The van der Waals surface area contributed by atoms with Gasteiger partial charge in [0, 0.05) is 26.3 Å². The van der Waals surface area contributed by atoms with Crippen molar-refractivity contribution < 1.29 is 22.7 Å². The van der Waals surface area contributed by atoms with Gasteiger partial charge in [-0.25, -0.2) is 12.7 Å². The van der Waals surface area contributed by atoms with Gasteiger partial charge in [-0.2, -0.15) is 0 Å². The van der Waals surface area contributed by atoms with Crippen LogP contribution in [0.25, 0.3) is 0 Å². The molecule has 2 aromatic carbocycles. The molecule has 0 aromatic heterocycles. The lowest BCUT2D eigenvalue weighted by Gasteiger charge is -2.23. The number of fused-ring (bicyclic) bond motifs is 1. The Labute approximate surface area is 165 Å². The Bertz CT molecular complexity index is 988. The van der Waals surface area contributed by atoms with E-state index in [1.807, 2.05) is 12.1 Å². The summed E-state index contributed by atoms with van der Waals surface area (Å²) in [6.07, 6.45) is -0.119. The number of ether oxygens (including phenoxy) is 2. The molecule has 150 valence electrons. The van der Waals surface area contributed by atoms with Gasteiger partial charge in [-0.3, -0.25) is 4.79 Å². The quantitative estimate of drug-likeness (QED) is 0.738. The maximum Gasteiger partial charge on any atom is 0.267 e. The predicted molar refractivity (Wildman–Crippen MR) is 106 cm³/mol. The number of hydrogen-bond acceptors (Lipinski definition) is 5. The van der Waals surface area contributed by atoms with Crippen LogP contribution in [-0.2, 0) is 21.2 Å². The first-order valence-corrected chi connectivity index (χ1v) is 10.4. The molecule has 0 saturated heterocycles. The zero-order chi connectivity index (χ0) is 20.5. The molecule has 2 aromatic rings. The van der Waals surface area contributed by atoms with E-state index >= 15 is 0 Å². The Morgan fingerprint density at radius 2 is 1.82 bits per heavy atom. The average Bonchev–Trinajstić information content (AvgIpc) is 3.10. The van der Waals surface area contributed by atoms with E-state index in [0.717, 1.165) is 11.3 Å². The Kier molecular flexibility index (Phi) is 5.62. The summed E-state index contributed by atoms with van der Waals surface area (Å²) in [4.78, 5) is 14.8. The maximum absolute atomic E-state index is 12.9. The van der Waals surface area contributed by atoms with E-state index in [2.05, 4.69) is 0 Å². The van der Waals surface area contributed by atoms with Gasteiger partial charge in [-0.15, -0.1) is 0 Å². The van der Waals surface area contributed by atoms with Gasteiger partial charge in [-0.05, 0) is 49.2 Å². The van der Waals surface area contributed by atoms with Crippen LogP contribution in [0.4, 0.5) is 5.69 Å². The molecule has 0 radical (unpaired) electrons. The van der Waals surface area contributed by atoms with Crippen LogP contribution in [0.1, 0.15) is 12.5 Å². The first-order valence-electron chi connectivity index (χ1n) is 8.92. The highest BCUT2D eigenvalue weighted by atomic mass is 32.2. The van der Waals surface area contributed by atoms with Gasteiger partial charge in [0.25, 0.3) is 5.91 Å². The number of anilines is 1. The number of para-hydroxylation sites is 2. The van der Waals surface area contributed by atoms with E-state index in [-0.39, 0.29) is 10.8 Å². The zero-order valence-corrected chi connectivity index (χ0v) is 17.2. The second-order valence-electron chi connectivity index (χ2n) is 6.73. The van der Waals surface area contributed by atoms with Gasteiger partial charge < -0.3 is 14.4 Å². The third-order valence-corrected chi connectivity index (χ3v) is 6.52. The molecule has 0 fully saturated rings. The van der Waals surface area contributed by atoms with Crippen molar-refractivity contribution in [3.8, 4) is 11.5 Å². The second-order valence-corrected chi connectivity index (χ2v) is 8.88. The number of amides is 1. The van der Waals surface area contributed by atoms with E-state index in [1.165, 1.54) is 24.5 Å². The first-order chi connectivity index (χ1) is 13.3. The number of nitrogens with zero attached hydrogens (tertiary/aromatic N) is 2. The molecule has 0 bridgehead atoms. The summed E-state index contributed by atoms with van der Waals surface area (Å²) in [7, 11) is 1.03. The molecule has 8 heteroatoms. The number of carbonyl (C=O) groups excluding carboxylic acids is 1. The molecule has 0 aliphatic carbocycles. The summed E-state index contributed by atoms with van der Waals surface area (Å²) in [5.74, 6) is 0.869. The Balaban J connectivity index is 1.80.